The van der Waals surface area contributed by atoms with Crippen LogP contribution in [0.25, 0.3) is 6.08 Å². The monoisotopic (exact) mass is 313 g/mol. The molecule has 122 valence electrons. The Morgan fingerprint density at radius 3 is 2.64 bits per heavy atom. The second-order valence-electron chi connectivity index (χ2n) is 5.10. The molecule has 1 N–H and O–H groups in total. The molecule has 0 spiro atoms. The van der Waals surface area contributed by atoms with Crippen molar-refractivity contribution in [3.63, 3.8) is 0 Å². The molecule has 0 saturated heterocycles. The lowest BCUT2D eigenvalue weighted by Crippen LogP contribution is -2.23. The smallest absolute Gasteiger partial charge is 0.387 e. The normalized spacial score (nSPS) is 11.2. The van der Waals surface area contributed by atoms with Crippen LogP contribution in [0.2, 0.25) is 0 Å². The molecule has 1 amide bonds. The molecule has 1 aromatic carbocycles. The molecule has 0 atom stereocenters. The number of hydrogen-bond donors (Lipinski definition) is 1. The van der Waals surface area contributed by atoms with Crippen molar-refractivity contribution in [3.05, 3.63) is 29.8 Å². The third-order valence-electron chi connectivity index (χ3n) is 2.85. The highest BCUT2D eigenvalue weighted by molar-refractivity contribution is 5.91. The number of halogens is 2. The molecule has 0 saturated carbocycles. The minimum atomic E-state index is -2.91. The molecular formula is C16H21F2NO3. The predicted molar refractivity (Wildman–Crippen MR) is 81.1 cm³/mol. The van der Waals surface area contributed by atoms with E-state index in [4.69, 9.17) is 4.74 Å². The van der Waals surface area contributed by atoms with E-state index in [1.165, 1.54) is 25.3 Å². The van der Waals surface area contributed by atoms with Crippen LogP contribution in [0.1, 0.15) is 25.8 Å². The number of ether oxygens (including phenoxy) is 2. The van der Waals surface area contributed by atoms with E-state index in [2.05, 4.69) is 23.9 Å². The minimum Gasteiger partial charge on any atom is -0.493 e. The summed E-state index contributed by atoms with van der Waals surface area (Å²) >= 11 is 0. The molecule has 0 aliphatic carbocycles. The van der Waals surface area contributed by atoms with E-state index in [1.807, 2.05) is 0 Å². The average molecular weight is 313 g/mol. The molecular weight excluding hydrogens is 292 g/mol. The molecule has 0 heterocycles. The van der Waals surface area contributed by atoms with Crippen molar-refractivity contribution in [1.29, 1.82) is 0 Å². The van der Waals surface area contributed by atoms with E-state index in [0.717, 1.165) is 6.42 Å². The van der Waals surface area contributed by atoms with Crippen LogP contribution in [0.15, 0.2) is 24.3 Å². The Balaban J connectivity index is 2.65. The second kappa shape index (κ2) is 9.02. The molecule has 6 heteroatoms. The highest BCUT2D eigenvalue weighted by Gasteiger charge is 2.10. The maximum absolute atomic E-state index is 12.2. The van der Waals surface area contributed by atoms with Gasteiger partial charge in [0.05, 0.1) is 7.11 Å². The Morgan fingerprint density at radius 1 is 1.32 bits per heavy atom. The fourth-order valence-electron chi connectivity index (χ4n) is 1.70. The van der Waals surface area contributed by atoms with E-state index in [1.54, 1.807) is 12.1 Å². The van der Waals surface area contributed by atoms with Crippen molar-refractivity contribution in [2.24, 2.45) is 5.92 Å². The van der Waals surface area contributed by atoms with Crippen molar-refractivity contribution in [3.8, 4) is 11.5 Å². The van der Waals surface area contributed by atoms with Gasteiger partial charge in [0.2, 0.25) is 5.91 Å². The van der Waals surface area contributed by atoms with Crippen LogP contribution in [-0.2, 0) is 4.79 Å². The maximum atomic E-state index is 12.2. The van der Waals surface area contributed by atoms with Gasteiger partial charge in [-0.05, 0) is 36.1 Å². The first-order valence-electron chi connectivity index (χ1n) is 7.01. The van der Waals surface area contributed by atoms with Gasteiger partial charge in [0.25, 0.3) is 0 Å². The van der Waals surface area contributed by atoms with E-state index in [0.29, 0.717) is 18.0 Å². The van der Waals surface area contributed by atoms with Crippen LogP contribution in [0.5, 0.6) is 11.5 Å². The van der Waals surface area contributed by atoms with Crippen LogP contribution < -0.4 is 14.8 Å². The summed E-state index contributed by atoms with van der Waals surface area (Å²) in [6, 6.07) is 4.47. The van der Waals surface area contributed by atoms with Gasteiger partial charge in [-0.15, -0.1) is 0 Å². The first-order chi connectivity index (χ1) is 10.4. The summed E-state index contributed by atoms with van der Waals surface area (Å²) in [7, 11) is 1.36. The summed E-state index contributed by atoms with van der Waals surface area (Å²) in [5, 5.41) is 2.77. The number of hydrogen-bond acceptors (Lipinski definition) is 3. The summed E-state index contributed by atoms with van der Waals surface area (Å²) in [6.07, 6.45) is 3.88. The number of alkyl halides is 2. The summed E-state index contributed by atoms with van der Waals surface area (Å²) in [6.45, 7) is 1.86. The van der Waals surface area contributed by atoms with Crippen LogP contribution in [0.3, 0.4) is 0 Å². The van der Waals surface area contributed by atoms with Crippen molar-refractivity contribution in [2.45, 2.75) is 26.9 Å². The number of benzene rings is 1. The van der Waals surface area contributed by atoms with E-state index >= 15 is 0 Å². The first kappa shape index (κ1) is 17.9. The molecule has 22 heavy (non-hydrogen) atoms. The summed E-state index contributed by atoms with van der Waals surface area (Å²) in [5.74, 6) is 0.460. The van der Waals surface area contributed by atoms with Gasteiger partial charge in [0.1, 0.15) is 0 Å². The molecule has 0 aliphatic rings. The molecule has 1 aromatic rings. The molecule has 0 bridgehead atoms. The van der Waals surface area contributed by atoms with Gasteiger partial charge in [0.15, 0.2) is 11.5 Å². The largest absolute Gasteiger partial charge is 0.493 e. The third-order valence-corrected chi connectivity index (χ3v) is 2.85. The summed E-state index contributed by atoms with van der Waals surface area (Å²) in [4.78, 5) is 11.6. The quantitative estimate of drug-likeness (QED) is 0.748. The number of carbonyl (C=O) groups is 1. The fourth-order valence-corrected chi connectivity index (χ4v) is 1.70. The third kappa shape index (κ3) is 6.56. The zero-order valence-electron chi connectivity index (χ0n) is 12.9. The Bertz CT molecular complexity index is 516. The van der Waals surface area contributed by atoms with Crippen molar-refractivity contribution in [2.75, 3.05) is 13.7 Å². The Kier molecular flexibility index (Phi) is 7.36. The van der Waals surface area contributed by atoms with Gasteiger partial charge in [-0.25, -0.2) is 0 Å². The lowest BCUT2D eigenvalue weighted by atomic mass is 10.1. The molecule has 0 unspecified atom stereocenters. The van der Waals surface area contributed by atoms with Gasteiger partial charge in [0, 0.05) is 12.6 Å². The predicted octanol–water partition coefficient (Wildman–Crippen LogP) is 3.47. The molecule has 0 radical (unpaired) electrons. The van der Waals surface area contributed by atoms with Gasteiger partial charge < -0.3 is 14.8 Å². The van der Waals surface area contributed by atoms with Gasteiger partial charge in [-0.3, -0.25) is 4.79 Å². The lowest BCUT2D eigenvalue weighted by molar-refractivity contribution is -0.116. The number of rotatable bonds is 8. The number of carbonyl (C=O) groups excluding carboxylic acids is 1. The Labute approximate surface area is 129 Å². The highest BCUT2D eigenvalue weighted by Crippen LogP contribution is 2.29. The lowest BCUT2D eigenvalue weighted by Gasteiger charge is -2.10. The second-order valence-corrected chi connectivity index (χ2v) is 5.10. The number of nitrogens with one attached hydrogen (secondary N) is 1. The van der Waals surface area contributed by atoms with Crippen LogP contribution >= 0.6 is 0 Å². The van der Waals surface area contributed by atoms with Crippen molar-refractivity contribution in [1.82, 2.24) is 5.32 Å². The minimum absolute atomic E-state index is 0.0453. The number of amides is 1. The summed E-state index contributed by atoms with van der Waals surface area (Å²) < 4.78 is 33.8. The summed E-state index contributed by atoms with van der Waals surface area (Å²) in [5.41, 5.74) is 0.650. The van der Waals surface area contributed by atoms with Crippen LogP contribution in [-0.4, -0.2) is 26.2 Å². The Morgan fingerprint density at radius 2 is 2.05 bits per heavy atom. The first-order valence-corrected chi connectivity index (χ1v) is 7.01. The SMILES string of the molecule is COc1cc(/C=C/C(=O)NCCC(C)C)ccc1OC(F)F. The van der Waals surface area contributed by atoms with Crippen LogP contribution in [0.4, 0.5) is 8.78 Å². The Hall–Kier alpha value is -2.11. The van der Waals surface area contributed by atoms with Crippen LogP contribution in [0, 0.1) is 5.92 Å². The molecule has 4 nitrogen and oxygen atoms in total. The zero-order chi connectivity index (χ0) is 16.5. The molecule has 1 rings (SSSR count). The van der Waals surface area contributed by atoms with E-state index in [9.17, 15) is 13.6 Å². The molecule has 0 fully saturated rings. The topological polar surface area (TPSA) is 47.6 Å². The highest BCUT2D eigenvalue weighted by atomic mass is 19.3. The average Bonchev–Trinajstić information content (AvgIpc) is 2.45. The molecule has 0 aliphatic heterocycles. The van der Waals surface area contributed by atoms with Crippen molar-refractivity contribution >= 4 is 12.0 Å². The fraction of sp³-hybridized carbons (Fsp3) is 0.438. The zero-order valence-corrected chi connectivity index (χ0v) is 12.9. The number of methoxy groups -OCH3 is 1. The maximum Gasteiger partial charge on any atom is 0.387 e. The molecule has 0 aromatic heterocycles. The van der Waals surface area contributed by atoms with Crippen molar-refractivity contribution < 1.29 is 23.0 Å². The van der Waals surface area contributed by atoms with E-state index in [-0.39, 0.29) is 17.4 Å². The van der Waals surface area contributed by atoms with Gasteiger partial charge >= 0.3 is 6.61 Å². The van der Waals surface area contributed by atoms with E-state index < -0.39 is 6.61 Å². The van der Waals surface area contributed by atoms with Gasteiger partial charge in [-0.1, -0.05) is 19.9 Å². The standard InChI is InChI=1S/C16H21F2NO3/c1-11(2)8-9-19-15(20)7-5-12-4-6-13(22-16(17)18)14(10-12)21-3/h4-7,10-11,16H,8-9H2,1-3H3,(H,19,20)/b7-5+. The van der Waals surface area contributed by atoms with Gasteiger partial charge in [-0.2, -0.15) is 8.78 Å².